The molecule has 212 valence electrons. The summed E-state index contributed by atoms with van der Waals surface area (Å²) in [5.41, 5.74) is 0.358. The molecule has 1 aromatic carbocycles. The van der Waals surface area contributed by atoms with Crippen LogP contribution in [-0.2, 0) is 20.9 Å². The summed E-state index contributed by atoms with van der Waals surface area (Å²) in [4.78, 5) is 40.6. The van der Waals surface area contributed by atoms with Crippen molar-refractivity contribution in [3.05, 3.63) is 29.8 Å². The first-order valence-corrected chi connectivity index (χ1v) is 15.7. The third-order valence-corrected chi connectivity index (χ3v) is 9.09. The first-order chi connectivity index (χ1) is 18.1. The fraction of sp³-hybridized carbons (Fsp3) is 0.679. The lowest BCUT2D eigenvalue weighted by Crippen LogP contribution is -2.54. The normalized spacial score (nSPS) is 19.4. The van der Waals surface area contributed by atoms with E-state index in [-0.39, 0.29) is 18.4 Å². The number of nitrogens with zero attached hydrogens (tertiary/aromatic N) is 1. The third-order valence-electron chi connectivity index (χ3n) is 6.63. The Kier molecular flexibility index (Phi) is 12.0. The van der Waals surface area contributed by atoms with Gasteiger partial charge in [-0.3, -0.25) is 9.59 Å². The van der Waals surface area contributed by atoms with E-state index in [0.717, 1.165) is 17.1 Å². The van der Waals surface area contributed by atoms with Gasteiger partial charge in [-0.2, -0.15) is 11.8 Å². The van der Waals surface area contributed by atoms with Crippen LogP contribution in [0.15, 0.2) is 24.3 Å². The molecule has 1 aromatic rings. The van der Waals surface area contributed by atoms with Crippen molar-refractivity contribution in [2.75, 3.05) is 37.5 Å². The van der Waals surface area contributed by atoms with Crippen molar-refractivity contribution < 1.29 is 23.9 Å². The summed E-state index contributed by atoms with van der Waals surface area (Å²) in [6, 6.07) is 6.89. The standard InChI is InChI=1S/C28H43N3O5S2/c1-28(2,3)36-27(34)31-14-15-38-24(17-31)26(33)30-23(19-37-18-21-8-6-5-7-9-21)25(32)29-16-20-10-12-22(35-4)13-11-20/h10-13,21,23-24H,5-9,14-19H2,1-4H3,(H,29,32)(H,30,33). The molecule has 0 radical (unpaired) electrons. The monoisotopic (exact) mass is 565 g/mol. The highest BCUT2D eigenvalue weighted by Gasteiger charge is 2.33. The molecule has 1 saturated carbocycles. The maximum atomic E-state index is 13.3. The molecule has 1 aliphatic carbocycles. The summed E-state index contributed by atoms with van der Waals surface area (Å²) < 4.78 is 10.7. The van der Waals surface area contributed by atoms with Crippen molar-refractivity contribution in [3.8, 4) is 5.75 Å². The minimum atomic E-state index is -0.646. The number of thioether (sulfide) groups is 2. The second kappa shape index (κ2) is 14.9. The van der Waals surface area contributed by atoms with Crippen molar-refractivity contribution in [3.63, 3.8) is 0 Å². The van der Waals surface area contributed by atoms with Crippen molar-refractivity contribution in [2.45, 2.75) is 76.3 Å². The van der Waals surface area contributed by atoms with Gasteiger partial charge in [0.2, 0.25) is 11.8 Å². The molecule has 1 saturated heterocycles. The van der Waals surface area contributed by atoms with Gasteiger partial charge < -0.3 is 25.0 Å². The van der Waals surface area contributed by atoms with Crippen molar-refractivity contribution in [1.82, 2.24) is 15.5 Å². The fourth-order valence-corrected chi connectivity index (χ4v) is 6.90. The molecule has 8 nitrogen and oxygen atoms in total. The summed E-state index contributed by atoms with van der Waals surface area (Å²) in [6.07, 6.45) is 5.95. The van der Waals surface area contributed by atoms with Gasteiger partial charge >= 0.3 is 6.09 Å². The molecule has 1 heterocycles. The number of nitrogens with one attached hydrogen (secondary N) is 2. The van der Waals surface area contributed by atoms with Gasteiger partial charge in [-0.25, -0.2) is 4.79 Å². The van der Waals surface area contributed by atoms with E-state index in [9.17, 15) is 14.4 Å². The van der Waals surface area contributed by atoms with E-state index >= 15 is 0 Å². The first kappa shape index (κ1) is 30.5. The summed E-state index contributed by atoms with van der Waals surface area (Å²) >= 11 is 3.25. The number of rotatable bonds is 10. The molecule has 0 spiro atoms. The summed E-state index contributed by atoms with van der Waals surface area (Å²) in [6.45, 7) is 6.65. The van der Waals surface area contributed by atoms with Crippen LogP contribution < -0.4 is 15.4 Å². The molecule has 3 amide bonds. The smallest absolute Gasteiger partial charge is 0.410 e. The molecule has 0 aromatic heterocycles. The average Bonchev–Trinajstić information content (AvgIpc) is 2.91. The van der Waals surface area contributed by atoms with Gasteiger partial charge in [0.05, 0.1) is 7.11 Å². The molecule has 2 unspecified atom stereocenters. The Hall–Kier alpha value is -2.07. The predicted molar refractivity (Wildman–Crippen MR) is 155 cm³/mol. The Morgan fingerprint density at radius 1 is 1.13 bits per heavy atom. The van der Waals surface area contributed by atoms with Crippen LogP contribution in [0.3, 0.4) is 0 Å². The first-order valence-electron chi connectivity index (χ1n) is 13.5. The maximum absolute atomic E-state index is 13.3. The molecule has 2 N–H and O–H groups in total. The third kappa shape index (κ3) is 10.2. The summed E-state index contributed by atoms with van der Waals surface area (Å²) in [7, 11) is 1.62. The number of ether oxygens (including phenoxy) is 2. The van der Waals surface area contributed by atoms with E-state index < -0.39 is 23.0 Å². The number of benzene rings is 1. The van der Waals surface area contributed by atoms with Crippen LogP contribution in [0.5, 0.6) is 5.75 Å². The lowest BCUT2D eigenvalue weighted by molar-refractivity contribution is -0.128. The van der Waals surface area contributed by atoms with Gasteiger partial charge in [-0.1, -0.05) is 31.4 Å². The number of carbonyl (C=O) groups excluding carboxylic acids is 3. The quantitative estimate of drug-likeness (QED) is 0.432. The van der Waals surface area contributed by atoms with E-state index in [1.807, 2.05) is 45.0 Å². The molecular formula is C28H43N3O5S2. The minimum absolute atomic E-state index is 0.199. The van der Waals surface area contributed by atoms with Crippen LogP contribution in [0.25, 0.3) is 0 Å². The van der Waals surface area contributed by atoms with Crippen LogP contribution in [0, 0.1) is 5.92 Å². The van der Waals surface area contributed by atoms with Crippen LogP contribution in [0.4, 0.5) is 4.79 Å². The number of carbonyl (C=O) groups is 3. The zero-order valence-electron chi connectivity index (χ0n) is 23.1. The minimum Gasteiger partial charge on any atom is -0.497 e. The SMILES string of the molecule is COc1ccc(CNC(=O)C(CSCC2CCCCC2)NC(=O)C2CN(C(=O)OC(C)(C)C)CCS2)cc1. The van der Waals surface area contributed by atoms with Gasteiger partial charge in [0, 0.05) is 31.1 Å². The van der Waals surface area contributed by atoms with Crippen molar-refractivity contribution >= 4 is 41.4 Å². The topological polar surface area (TPSA) is 97.0 Å². The van der Waals surface area contributed by atoms with Gasteiger partial charge in [-0.15, -0.1) is 11.8 Å². The summed E-state index contributed by atoms with van der Waals surface area (Å²) in [5.74, 6) is 3.19. The van der Waals surface area contributed by atoms with Crippen LogP contribution in [0.1, 0.15) is 58.4 Å². The Balaban J connectivity index is 1.58. The van der Waals surface area contributed by atoms with E-state index in [1.54, 1.807) is 23.8 Å². The summed E-state index contributed by atoms with van der Waals surface area (Å²) in [5, 5.41) is 5.53. The highest BCUT2D eigenvalue weighted by atomic mass is 32.2. The molecule has 0 bridgehead atoms. The molecule has 38 heavy (non-hydrogen) atoms. The van der Waals surface area contributed by atoms with E-state index in [0.29, 0.717) is 30.5 Å². The molecule has 2 fully saturated rings. The molecule has 2 atom stereocenters. The van der Waals surface area contributed by atoms with Crippen molar-refractivity contribution in [1.29, 1.82) is 0 Å². The Bertz CT molecular complexity index is 916. The Morgan fingerprint density at radius 2 is 1.84 bits per heavy atom. The van der Waals surface area contributed by atoms with Crippen LogP contribution in [0.2, 0.25) is 0 Å². The highest BCUT2D eigenvalue weighted by Crippen LogP contribution is 2.27. The van der Waals surface area contributed by atoms with Gasteiger partial charge in [0.15, 0.2) is 0 Å². The second-order valence-corrected chi connectivity index (χ2v) is 13.3. The number of hydrogen-bond acceptors (Lipinski definition) is 7. The zero-order valence-corrected chi connectivity index (χ0v) is 24.8. The van der Waals surface area contributed by atoms with E-state index in [2.05, 4.69) is 10.6 Å². The Morgan fingerprint density at radius 3 is 2.50 bits per heavy atom. The average molecular weight is 566 g/mol. The van der Waals surface area contributed by atoms with Crippen molar-refractivity contribution in [2.24, 2.45) is 5.92 Å². The highest BCUT2D eigenvalue weighted by molar-refractivity contribution is 8.00. The second-order valence-electron chi connectivity index (χ2n) is 11.0. The molecule has 3 rings (SSSR count). The van der Waals surface area contributed by atoms with E-state index in [1.165, 1.54) is 43.9 Å². The zero-order chi connectivity index (χ0) is 27.5. The lowest BCUT2D eigenvalue weighted by Gasteiger charge is -2.33. The van der Waals surface area contributed by atoms with Gasteiger partial charge in [-0.05, 0) is 63.0 Å². The lowest BCUT2D eigenvalue weighted by atomic mass is 9.91. The fourth-order valence-electron chi connectivity index (χ4n) is 4.51. The van der Waals surface area contributed by atoms with Crippen LogP contribution >= 0.6 is 23.5 Å². The molecular weight excluding hydrogens is 522 g/mol. The number of methoxy groups -OCH3 is 1. The largest absolute Gasteiger partial charge is 0.497 e. The number of amides is 3. The Labute approximate surface area is 235 Å². The molecule has 1 aliphatic heterocycles. The molecule has 2 aliphatic rings. The van der Waals surface area contributed by atoms with Gasteiger partial charge in [0.25, 0.3) is 0 Å². The van der Waals surface area contributed by atoms with Crippen LogP contribution in [-0.4, -0.2) is 77.2 Å². The number of hydrogen-bond donors (Lipinski definition) is 2. The van der Waals surface area contributed by atoms with Gasteiger partial charge in [0.1, 0.15) is 22.6 Å². The molecule has 10 heteroatoms. The predicted octanol–water partition coefficient (Wildman–Crippen LogP) is 4.46. The maximum Gasteiger partial charge on any atom is 0.410 e. The van der Waals surface area contributed by atoms with E-state index in [4.69, 9.17) is 9.47 Å².